The molecule has 256 valence electrons. The first kappa shape index (κ1) is 35.0. The van der Waals surface area contributed by atoms with Crippen LogP contribution in [0.4, 0.5) is 15.3 Å². The lowest BCUT2D eigenvalue weighted by Crippen LogP contribution is -2.50. The van der Waals surface area contributed by atoms with E-state index in [9.17, 15) is 19.5 Å². The molecule has 4 aliphatic rings. The van der Waals surface area contributed by atoms with Crippen molar-refractivity contribution in [3.8, 4) is 5.75 Å². The Bertz CT molecular complexity index is 1390. The number of phenols is 1. The van der Waals surface area contributed by atoms with Crippen molar-refractivity contribution in [1.82, 2.24) is 19.6 Å². The molecule has 0 unspecified atom stereocenters. The number of anilines is 1. The van der Waals surface area contributed by atoms with Crippen molar-refractivity contribution in [2.45, 2.75) is 70.9 Å². The van der Waals surface area contributed by atoms with Gasteiger partial charge in [0.2, 0.25) is 5.91 Å². The fraction of sp³-hybridized carbons (Fsp3) is 0.583. The van der Waals surface area contributed by atoms with Crippen LogP contribution in [0.15, 0.2) is 46.9 Å². The maximum atomic E-state index is 12.8. The fourth-order valence-corrected chi connectivity index (χ4v) is 7.84. The van der Waals surface area contributed by atoms with Gasteiger partial charge in [-0.2, -0.15) is 0 Å². The number of rotatable bonds is 5. The number of nitrogens with one attached hydrogen (secondary N) is 1. The summed E-state index contributed by atoms with van der Waals surface area (Å²) >= 11 is 3.34. The Labute approximate surface area is 287 Å². The van der Waals surface area contributed by atoms with Crippen LogP contribution in [-0.4, -0.2) is 108 Å². The molecule has 0 aliphatic carbocycles. The molecule has 2 atom stereocenters. The topological polar surface area (TPSA) is 106 Å². The number of urea groups is 1. The second kappa shape index (κ2) is 16.2. The maximum absolute atomic E-state index is 12.8. The molecule has 2 aromatic rings. The van der Waals surface area contributed by atoms with E-state index in [-0.39, 0.29) is 35.7 Å². The molecule has 0 saturated carbocycles. The first-order chi connectivity index (χ1) is 22.6. The number of carbonyl (C=O) groups excluding carboxylic acids is 3. The summed E-state index contributed by atoms with van der Waals surface area (Å²) in [5.41, 5.74) is 3.15. The highest BCUT2D eigenvalue weighted by atomic mass is 79.9. The van der Waals surface area contributed by atoms with E-state index in [4.69, 9.17) is 4.74 Å². The lowest BCUT2D eigenvalue weighted by Gasteiger charge is -2.37. The second-order valence-corrected chi connectivity index (χ2v) is 14.4. The monoisotopic (exact) mass is 711 g/mol. The molecule has 6 rings (SSSR count). The smallest absolute Gasteiger partial charge is 0.409 e. The number of halogens is 1. The third-order valence-corrected chi connectivity index (χ3v) is 10.8. The Kier molecular flexibility index (Phi) is 12.1. The molecule has 3 saturated heterocycles. The molecule has 2 N–H and O–H groups in total. The van der Waals surface area contributed by atoms with Gasteiger partial charge in [0.1, 0.15) is 5.75 Å². The van der Waals surface area contributed by atoms with Gasteiger partial charge in [-0.05, 0) is 103 Å². The molecule has 11 heteroatoms. The van der Waals surface area contributed by atoms with Crippen LogP contribution in [0.3, 0.4) is 0 Å². The van der Waals surface area contributed by atoms with Crippen LogP contribution in [0.25, 0.3) is 0 Å². The van der Waals surface area contributed by atoms with Gasteiger partial charge in [-0.15, -0.1) is 0 Å². The van der Waals surface area contributed by atoms with E-state index in [1.54, 1.807) is 11.0 Å². The molecule has 0 radical (unpaired) electrons. The molecule has 10 nitrogen and oxygen atoms in total. The van der Waals surface area contributed by atoms with Crippen LogP contribution < -0.4 is 5.32 Å². The van der Waals surface area contributed by atoms with Gasteiger partial charge in [0.25, 0.3) is 0 Å². The summed E-state index contributed by atoms with van der Waals surface area (Å²) in [6.07, 6.45) is 6.39. The number of aromatic hydroxyl groups is 1. The average molecular weight is 713 g/mol. The van der Waals surface area contributed by atoms with E-state index in [0.717, 1.165) is 62.4 Å². The number of benzene rings is 2. The standard InChI is InChI=1S/C20H29BrN2O2.C16H21N3O3/c1-14-5-8-23(13-14)17-6-9-22(10-7-17)20(25)15(2)11-16-3-4-19(24)18(21)12-16;1-22-16(21)18-9-7-13(8-10-18)19-11-6-12-4-2-3-5-14(12)17-15(19)20/h3-4,12,14-15,17,24H,5-11,13H2,1-2H3;2-5,13H,6-11H2,1H3,(H,17,20)/t14-,15-;/m1./s1. The molecular formula is C36H50BrN5O5. The minimum atomic E-state index is -0.286. The van der Waals surface area contributed by atoms with Crippen molar-refractivity contribution >= 4 is 39.6 Å². The number of phenolic OH excluding ortho intramolecular Hbond substituents is 1. The van der Waals surface area contributed by atoms with Crippen LogP contribution in [0.1, 0.15) is 57.1 Å². The molecule has 2 aromatic carbocycles. The number of amides is 4. The van der Waals surface area contributed by atoms with E-state index in [1.165, 1.54) is 32.2 Å². The molecule has 4 aliphatic heterocycles. The van der Waals surface area contributed by atoms with Crippen molar-refractivity contribution in [3.63, 3.8) is 0 Å². The lowest BCUT2D eigenvalue weighted by molar-refractivity contribution is -0.136. The quantitative estimate of drug-likeness (QED) is 0.396. The van der Waals surface area contributed by atoms with Gasteiger partial charge < -0.3 is 29.9 Å². The summed E-state index contributed by atoms with van der Waals surface area (Å²) in [6, 6.07) is 14.2. The van der Waals surface area contributed by atoms with Crippen LogP contribution in [-0.2, 0) is 22.4 Å². The van der Waals surface area contributed by atoms with Crippen molar-refractivity contribution in [1.29, 1.82) is 0 Å². The van der Waals surface area contributed by atoms with Gasteiger partial charge >= 0.3 is 12.1 Å². The van der Waals surface area contributed by atoms with E-state index < -0.39 is 0 Å². The van der Waals surface area contributed by atoms with Gasteiger partial charge in [0.15, 0.2) is 0 Å². The zero-order chi connectivity index (χ0) is 33.5. The normalized spacial score (nSPS) is 21.7. The molecule has 0 spiro atoms. The van der Waals surface area contributed by atoms with E-state index in [0.29, 0.717) is 36.6 Å². The lowest BCUT2D eigenvalue weighted by atomic mass is 9.97. The molecule has 3 fully saturated rings. The molecule has 47 heavy (non-hydrogen) atoms. The number of fused-ring (bicyclic) bond motifs is 1. The number of carbonyl (C=O) groups is 3. The summed E-state index contributed by atoms with van der Waals surface area (Å²) < 4.78 is 5.43. The number of piperidine rings is 2. The first-order valence-electron chi connectivity index (χ1n) is 17.1. The van der Waals surface area contributed by atoms with Crippen LogP contribution >= 0.6 is 15.9 Å². The van der Waals surface area contributed by atoms with Crippen molar-refractivity contribution in [2.75, 3.05) is 58.2 Å². The Morgan fingerprint density at radius 2 is 1.64 bits per heavy atom. The van der Waals surface area contributed by atoms with Crippen LogP contribution in [0, 0.1) is 11.8 Å². The third kappa shape index (κ3) is 8.99. The Balaban J connectivity index is 0.000000186. The molecule has 0 bridgehead atoms. The highest BCUT2D eigenvalue weighted by Crippen LogP contribution is 2.28. The number of para-hydroxylation sites is 1. The zero-order valence-corrected chi connectivity index (χ0v) is 29.6. The number of likely N-dealkylation sites (tertiary alicyclic amines) is 3. The maximum Gasteiger partial charge on any atom is 0.409 e. The molecule has 0 aromatic heterocycles. The van der Waals surface area contributed by atoms with Gasteiger partial charge in [-0.25, -0.2) is 9.59 Å². The summed E-state index contributed by atoms with van der Waals surface area (Å²) in [7, 11) is 1.40. The third-order valence-electron chi connectivity index (χ3n) is 10.2. The summed E-state index contributed by atoms with van der Waals surface area (Å²) in [5, 5.41) is 12.6. The van der Waals surface area contributed by atoms with Crippen LogP contribution in [0.2, 0.25) is 0 Å². The van der Waals surface area contributed by atoms with Crippen molar-refractivity contribution < 1.29 is 24.2 Å². The van der Waals surface area contributed by atoms with Crippen LogP contribution in [0.5, 0.6) is 5.75 Å². The average Bonchev–Trinajstić information content (AvgIpc) is 3.45. The molecule has 4 heterocycles. The number of nitrogens with zero attached hydrogens (tertiary/aromatic N) is 4. The number of hydrogen-bond donors (Lipinski definition) is 2. The SMILES string of the molecule is COC(=O)N1CCC(N2CCc3ccccc3NC2=O)CC1.C[C@@H]1CCN(C2CCN(C(=O)[C@H](C)Cc3ccc(O)c(Br)c3)CC2)C1. The first-order valence-corrected chi connectivity index (χ1v) is 17.9. The summed E-state index contributed by atoms with van der Waals surface area (Å²) in [5.74, 6) is 1.29. The number of hydrogen-bond acceptors (Lipinski definition) is 6. The highest BCUT2D eigenvalue weighted by Gasteiger charge is 2.33. The Morgan fingerprint density at radius 1 is 0.957 bits per heavy atom. The van der Waals surface area contributed by atoms with Crippen molar-refractivity contribution in [3.05, 3.63) is 58.1 Å². The fourth-order valence-electron chi connectivity index (χ4n) is 7.41. The summed E-state index contributed by atoms with van der Waals surface area (Å²) in [6.45, 7) is 10.6. The van der Waals surface area contributed by atoms with Gasteiger partial charge in [0, 0.05) is 63.0 Å². The minimum Gasteiger partial charge on any atom is -0.507 e. The Hall–Kier alpha value is -3.31. The predicted molar refractivity (Wildman–Crippen MR) is 187 cm³/mol. The number of ether oxygens (including phenoxy) is 1. The van der Waals surface area contributed by atoms with E-state index >= 15 is 0 Å². The second-order valence-electron chi connectivity index (χ2n) is 13.6. The Morgan fingerprint density at radius 3 is 2.30 bits per heavy atom. The van der Waals surface area contributed by atoms with Gasteiger partial charge in [0.05, 0.1) is 11.6 Å². The van der Waals surface area contributed by atoms with E-state index in [2.05, 4.69) is 44.0 Å². The van der Waals surface area contributed by atoms with E-state index in [1.807, 2.05) is 42.2 Å². The van der Waals surface area contributed by atoms with Gasteiger partial charge in [-0.1, -0.05) is 38.1 Å². The predicted octanol–water partition coefficient (Wildman–Crippen LogP) is 5.97. The van der Waals surface area contributed by atoms with Crippen molar-refractivity contribution in [2.24, 2.45) is 11.8 Å². The zero-order valence-electron chi connectivity index (χ0n) is 28.0. The molecular weight excluding hydrogens is 662 g/mol. The number of methoxy groups -OCH3 is 1. The minimum absolute atomic E-state index is 0.0280. The highest BCUT2D eigenvalue weighted by molar-refractivity contribution is 9.10. The van der Waals surface area contributed by atoms with Gasteiger partial charge in [-0.3, -0.25) is 9.69 Å². The summed E-state index contributed by atoms with van der Waals surface area (Å²) in [4.78, 5) is 45.1. The largest absolute Gasteiger partial charge is 0.507 e. The molecule has 4 amide bonds.